The number of ether oxygens (including phenoxy) is 2. The highest BCUT2D eigenvalue weighted by Crippen LogP contribution is 2.48. The molecule has 1 saturated carbocycles. The number of rotatable bonds is 4. The van der Waals surface area contributed by atoms with E-state index in [0.29, 0.717) is 5.56 Å². The quantitative estimate of drug-likeness (QED) is 0.485. The monoisotopic (exact) mass is 304 g/mol. The summed E-state index contributed by atoms with van der Waals surface area (Å²) in [6, 6.07) is 8.90. The molecule has 0 radical (unpaired) electrons. The van der Waals surface area contributed by atoms with Crippen molar-refractivity contribution in [3.63, 3.8) is 0 Å². The predicted molar refractivity (Wildman–Crippen MR) is 79.1 cm³/mol. The summed E-state index contributed by atoms with van der Waals surface area (Å²) >= 11 is 0. The highest BCUT2D eigenvalue weighted by Gasteiger charge is 2.57. The topological polar surface area (TPSA) is 69.7 Å². The van der Waals surface area contributed by atoms with E-state index >= 15 is 0 Å². The molecule has 0 spiro atoms. The molecule has 5 nitrogen and oxygen atoms in total. The van der Waals surface area contributed by atoms with E-state index in [0.717, 1.165) is 0 Å². The van der Waals surface area contributed by atoms with Gasteiger partial charge in [-0.1, -0.05) is 37.3 Å². The Kier molecular flexibility index (Phi) is 4.64. The van der Waals surface area contributed by atoms with E-state index in [-0.39, 0.29) is 24.5 Å². The lowest BCUT2D eigenvalue weighted by atomic mass is 9.84. The average molecular weight is 304 g/mol. The number of methoxy groups -OCH3 is 2. The largest absolute Gasteiger partial charge is 0.468 e. The molecule has 0 N–H and O–H groups in total. The maximum atomic E-state index is 12.7. The molecule has 1 aliphatic carbocycles. The third-order valence-electron chi connectivity index (χ3n) is 4.47. The summed E-state index contributed by atoms with van der Waals surface area (Å²) in [5.41, 5.74) is -0.789. The second-order valence-corrected chi connectivity index (χ2v) is 5.79. The van der Waals surface area contributed by atoms with E-state index < -0.39 is 23.3 Å². The van der Waals surface area contributed by atoms with Gasteiger partial charge in [-0.25, -0.2) is 0 Å². The van der Waals surface area contributed by atoms with Gasteiger partial charge in [-0.05, 0) is 18.8 Å². The van der Waals surface area contributed by atoms with Gasteiger partial charge in [0.25, 0.3) is 0 Å². The highest BCUT2D eigenvalue weighted by molar-refractivity contribution is 6.04. The molecule has 0 aromatic heterocycles. The van der Waals surface area contributed by atoms with Gasteiger partial charge < -0.3 is 9.47 Å². The number of ketones is 1. The van der Waals surface area contributed by atoms with Gasteiger partial charge in [0, 0.05) is 11.5 Å². The lowest BCUT2D eigenvalue weighted by Crippen LogP contribution is -2.39. The standard InChI is InChI=1S/C17H20O5/c1-11-9-17(15(19)21-2,16(20)22-3)10-13(11)14(18)12-7-5-4-6-8-12/h4-8,11,13H,9-10H2,1-3H3/t11-,13-/m1/s1. The lowest BCUT2D eigenvalue weighted by molar-refractivity contribution is -0.169. The normalized spacial score (nSPS) is 22.9. The fraction of sp³-hybridized carbons (Fsp3) is 0.471. The van der Waals surface area contributed by atoms with Crippen molar-refractivity contribution < 1.29 is 23.9 Å². The number of carbonyl (C=O) groups is 3. The van der Waals surface area contributed by atoms with Crippen LogP contribution in [0.2, 0.25) is 0 Å². The number of Topliss-reactive ketones (excluding diaryl/α,β-unsaturated/α-hetero) is 1. The van der Waals surface area contributed by atoms with Crippen LogP contribution in [0.4, 0.5) is 0 Å². The second kappa shape index (κ2) is 6.30. The first kappa shape index (κ1) is 16.2. The molecular weight excluding hydrogens is 284 g/mol. The Morgan fingerprint density at radius 3 is 2.05 bits per heavy atom. The average Bonchev–Trinajstić information content (AvgIpc) is 2.92. The molecule has 0 unspecified atom stereocenters. The Labute approximate surface area is 129 Å². The first-order chi connectivity index (χ1) is 10.5. The smallest absolute Gasteiger partial charge is 0.323 e. The van der Waals surface area contributed by atoms with E-state index in [4.69, 9.17) is 9.47 Å². The zero-order valence-electron chi connectivity index (χ0n) is 13.0. The third kappa shape index (κ3) is 2.63. The van der Waals surface area contributed by atoms with Crippen molar-refractivity contribution >= 4 is 17.7 Å². The highest BCUT2D eigenvalue weighted by atomic mass is 16.5. The molecule has 5 heteroatoms. The van der Waals surface area contributed by atoms with Gasteiger partial charge in [0.15, 0.2) is 11.2 Å². The summed E-state index contributed by atoms with van der Waals surface area (Å²) in [5, 5.41) is 0. The maximum Gasteiger partial charge on any atom is 0.323 e. The first-order valence-corrected chi connectivity index (χ1v) is 7.22. The van der Waals surface area contributed by atoms with Crippen LogP contribution in [0, 0.1) is 17.3 Å². The Bertz CT molecular complexity index is 562. The number of carbonyl (C=O) groups excluding carboxylic acids is 3. The molecule has 1 aliphatic rings. The molecule has 0 saturated heterocycles. The van der Waals surface area contributed by atoms with Crippen molar-refractivity contribution in [2.24, 2.45) is 17.3 Å². The van der Waals surface area contributed by atoms with Gasteiger partial charge in [-0.3, -0.25) is 14.4 Å². The SMILES string of the molecule is COC(=O)C1(C(=O)OC)C[C@@H](C)[C@H](C(=O)c2ccccc2)C1. The molecule has 118 valence electrons. The van der Waals surface area contributed by atoms with Gasteiger partial charge in [0.2, 0.25) is 0 Å². The van der Waals surface area contributed by atoms with Crippen LogP contribution < -0.4 is 0 Å². The molecule has 2 rings (SSSR count). The molecule has 1 aromatic carbocycles. The molecular formula is C17H20O5. The summed E-state index contributed by atoms with van der Waals surface area (Å²) in [4.78, 5) is 37.0. The van der Waals surface area contributed by atoms with E-state index in [1.54, 1.807) is 24.3 Å². The van der Waals surface area contributed by atoms with Gasteiger partial charge in [-0.2, -0.15) is 0 Å². The Morgan fingerprint density at radius 1 is 1.00 bits per heavy atom. The van der Waals surface area contributed by atoms with Crippen molar-refractivity contribution in [1.82, 2.24) is 0 Å². The number of hydrogen-bond acceptors (Lipinski definition) is 5. The Morgan fingerprint density at radius 2 is 1.55 bits per heavy atom. The molecule has 1 fully saturated rings. The van der Waals surface area contributed by atoms with Crippen LogP contribution in [0.15, 0.2) is 30.3 Å². The minimum Gasteiger partial charge on any atom is -0.468 e. The lowest BCUT2D eigenvalue weighted by Gasteiger charge is -2.23. The molecule has 0 bridgehead atoms. The molecule has 0 heterocycles. The van der Waals surface area contributed by atoms with Crippen molar-refractivity contribution in [1.29, 1.82) is 0 Å². The summed E-state index contributed by atoms with van der Waals surface area (Å²) < 4.78 is 9.58. The zero-order chi connectivity index (χ0) is 16.3. The summed E-state index contributed by atoms with van der Waals surface area (Å²) in [5.74, 6) is -1.82. The predicted octanol–water partition coefficient (Wildman–Crippen LogP) is 2.25. The minimum atomic E-state index is -1.38. The third-order valence-corrected chi connectivity index (χ3v) is 4.47. The van der Waals surface area contributed by atoms with Crippen molar-refractivity contribution in [3.05, 3.63) is 35.9 Å². The molecule has 1 aromatic rings. The Balaban J connectivity index is 2.32. The van der Waals surface area contributed by atoms with Gasteiger partial charge in [0.1, 0.15) is 0 Å². The van der Waals surface area contributed by atoms with Crippen LogP contribution in [-0.4, -0.2) is 31.9 Å². The van der Waals surface area contributed by atoms with Crippen LogP contribution in [0.3, 0.4) is 0 Å². The summed E-state index contributed by atoms with van der Waals surface area (Å²) in [6.07, 6.45) is 0.386. The minimum absolute atomic E-state index is 0.0530. The summed E-state index contributed by atoms with van der Waals surface area (Å²) in [6.45, 7) is 1.87. The van der Waals surface area contributed by atoms with E-state index in [9.17, 15) is 14.4 Å². The number of esters is 2. The first-order valence-electron chi connectivity index (χ1n) is 7.22. The number of hydrogen-bond donors (Lipinski definition) is 0. The van der Waals surface area contributed by atoms with E-state index in [2.05, 4.69) is 0 Å². The van der Waals surface area contributed by atoms with Crippen LogP contribution in [-0.2, 0) is 19.1 Å². The maximum absolute atomic E-state index is 12.7. The number of benzene rings is 1. The van der Waals surface area contributed by atoms with Crippen molar-refractivity contribution in [3.8, 4) is 0 Å². The molecule has 0 aliphatic heterocycles. The van der Waals surface area contributed by atoms with Crippen LogP contribution in [0.1, 0.15) is 30.1 Å². The van der Waals surface area contributed by atoms with Crippen molar-refractivity contribution in [2.75, 3.05) is 14.2 Å². The van der Waals surface area contributed by atoms with Crippen LogP contribution in [0.5, 0.6) is 0 Å². The fourth-order valence-corrected chi connectivity index (χ4v) is 3.33. The second-order valence-electron chi connectivity index (χ2n) is 5.79. The molecule has 2 atom stereocenters. The van der Waals surface area contributed by atoms with Gasteiger partial charge >= 0.3 is 11.9 Å². The van der Waals surface area contributed by atoms with Crippen LogP contribution >= 0.6 is 0 Å². The molecule has 22 heavy (non-hydrogen) atoms. The van der Waals surface area contributed by atoms with Gasteiger partial charge in [-0.15, -0.1) is 0 Å². The van der Waals surface area contributed by atoms with E-state index in [1.807, 2.05) is 13.0 Å². The fourth-order valence-electron chi connectivity index (χ4n) is 3.33. The van der Waals surface area contributed by atoms with Crippen molar-refractivity contribution in [2.45, 2.75) is 19.8 Å². The Hall–Kier alpha value is -2.17. The van der Waals surface area contributed by atoms with Gasteiger partial charge in [0.05, 0.1) is 14.2 Å². The van der Waals surface area contributed by atoms with E-state index in [1.165, 1.54) is 14.2 Å². The molecule has 0 amide bonds. The zero-order valence-corrected chi connectivity index (χ0v) is 13.0. The van der Waals surface area contributed by atoms with Crippen LogP contribution in [0.25, 0.3) is 0 Å². The summed E-state index contributed by atoms with van der Waals surface area (Å²) in [7, 11) is 2.48.